The molecule has 2 aliphatic carbocycles. The first-order chi connectivity index (χ1) is 10.3. The van der Waals surface area contributed by atoms with E-state index in [1.54, 1.807) is 0 Å². The minimum Gasteiger partial charge on any atom is -0.445 e. The molecule has 3 heteroatoms. The van der Waals surface area contributed by atoms with E-state index in [0.29, 0.717) is 18.1 Å². The van der Waals surface area contributed by atoms with E-state index in [1.165, 1.54) is 44.9 Å². The summed E-state index contributed by atoms with van der Waals surface area (Å²) in [6, 6.07) is 10.2. The van der Waals surface area contributed by atoms with Crippen LogP contribution in [-0.4, -0.2) is 12.1 Å². The highest BCUT2D eigenvalue weighted by molar-refractivity contribution is 5.67. The van der Waals surface area contributed by atoms with Gasteiger partial charge in [0.05, 0.1) is 0 Å². The van der Waals surface area contributed by atoms with Crippen molar-refractivity contribution < 1.29 is 9.53 Å². The first kappa shape index (κ1) is 14.4. The number of benzene rings is 1. The van der Waals surface area contributed by atoms with Gasteiger partial charge in [-0.15, -0.1) is 0 Å². The third-order valence-electron chi connectivity index (χ3n) is 5.26. The Balaban J connectivity index is 1.53. The Morgan fingerprint density at radius 3 is 2.48 bits per heavy atom. The lowest BCUT2D eigenvalue weighted by Gasteiger charge is -2.41. The molecule has 1 N–H and O–H groups in total. The summed E-state index contributed by atoms with van der Waals surface area (Å²) in [6.45, 7) is 0.354. The maximum absolute atomic E-state index is 12.1. The van der Waals surface area contributed by atoms with Crippen molar-refractivity contribution in [2.75, 3.05) is 0 Å². The Morgan fingerprint density at radius 1 is 1.10 bits per heavy atom. The summed E-state index contributed by atoms with van der Waals surface area (Å²) in [5.74, 6) is 0. The molecule has 3 nitrogen and oxygen atoms in total. The highest BCUT2D eigenvalue weighted by atomic mass is 16.5. The van der Waals surface area contributed by atoms with E-state index < -0.39 is 0 Å². The number of hydrogen-bond acceptors (Lipinski definition) is 2. The summed E-state index contributed by atoms with van der Waals surface area (Å²) in [5, 5.41) is 3.16. The molecule has 1 atom stereocenters. The van der Waals surface area contributed by atoms with E-state index in [4.69, 9.17) is 4.74 Å². The number of carbonyl (C=O) groups excluding carboxylic acids is 1. The molecule has 1 aromatic rings. The average Bonchev–Trinajstić information content (AvgIpc) is 2.98. The summed E-state index contributed by atoms with van der Waals surface area (Å²) >= 11 is 0. The molecule has 1 spiro atoms. The summed E-state index contributed by atoms with van der Waals surface area (Å²) in [6.07, 6.45) is 9.86. The van der Waals surface area contributed by atoms with Crippen molar-refractivity contribution >= 4 is 6.09 Å². The molecule has 0 aromatic heterocycles. The molecule has 0 bridgehead atoms. The lowest BCUT2D eigenvalue weighted by Crippen LogP contribution is -2.48. The molecule has 2 aliphatic rings. The van der Waals surface area contributed by atoms with Crippen molar-refractivity contribution in [1.29, 1.82) is 0 Å². The van der Waals surface area contributed by atoms with Crippen LogP contribution in [0.3, 0.4) is 0 Å². The van der Waals surface area contributed by atoms with Crippen LogP contribution in [0.1, 0.15) is 56.9 Å². The van der Waals surface area contributed by atoms with Crippen molar-refractivity contribution in [3.63, 3.8) is 0 Å². The molecule has 1 unspecified atom stereocenters. The zero-order chi connectivity index (χ0) is 14.5. The van der Waals surface area contributed by atoms with Crippen LogP contribution in [0.4, 0.5) is 4.79 Å². The number of nitrogens with one attached hydrogen (secondary N) is 1. The molecule has 0 radical (unpaired) electrons. The predicted molar refractivity (Wildman–Crippen MR) is 82.9 cm³/mol. The van der Waals surface area contributed by atoms with Gasteiger partial charge in [0.1, 0.15) is 6.61 Å². The fourth-order valence-corrected chi connectivity index (χ4v) is 4.12. The number of ether oxygens (including phenoxy) is 1. The minimum atomic E-state index is -0.253. The maximum atomic E-state index is 12.1. The third kappa shape index (κ3) is 3.39. The van der Waals surface area contributed by atoms with E-state index in [-0.39, 0.29) is 6.09 Å². The van der Waals surface area contributed by atoms with Gasteiger partial charge in [-0.3, -0.25) is 0 Å². The van der Waals surface area contributed by atoms with Crippen LogP contribution in [0, 0.1) is 5.41 Å². The van der Waals surface area contributed by atoms with E-state index in [0.717, 1.165) is 12.0 Å². The van der Waals surface area contributed by atoms with Crippen LogP contribution in [0.25, 0.3) is 0 Å². The number of hydrogen-bond donors (Lipinski definition) is 1. The molecule has 2 fully saturated rings. The zero-order valence-electron chi connectivity index (χ0n) is 12.6. The monoisotopic (exact) mass is 287 g/mol. The van der Waals surface area contributed by atoms with E-state index in [2.05, 4.69) is 5.32 Å². The largest absolute Gasteiger partial charge is 0.445 e. The Labute approximate surface area is 127 Å². The lowest BCUT2D eigenvalue weighted by molar-refractivity contribution is 0.0974. The molecular weight excluding hydrogens is 262 g/mol. The van der Waals surface area contributed by atoms with Crippen molar-refractivity contribution in [2.45, 2.75) is 64.0 Å². The summed E-state index contributed by atoms with van der Waals surface area (Å²) < 4.78 is 5.38. The molecule has 114 valence electrons. The molecule has 3 rings (SSSR count). The van der Waals surface area contributed by atoms with Crippen molar-refractivity contribution in [2.24, 2.45) is 5.41 Å². The second-order valence-electron chi connectivity index (χ2n) is 6.57. The van der Waals surface area contributed by atoms with Gasteiger partial charge >= 0.3 is 6.09 Å². The Hall–Kier alpha value is -1.51. The van der Waals surface area contributed by atoms with Crippen LogP contribution in [0.2, 0.25) is 0 Å². The van der Waals surface area contributed by atoms with Gasteiger partial charge in [0.25, 0.3) is 0 Å². The molecular formula is C18H25NO2. The molecule has 1 amide bonds. The smallest absolute Gasteiger partial charge is 0.407 e. The first-order valence-electron chi connectivity index (χ1n) is 8.26. The van der Waals surface area contributed by atoms with Gasteiger partial charge in [-0.1, -0.05) is 56.0 Å². The second-order valence-corrected chi connectivity index (χ2v) is 6.57. The quantitative estimate of drug-likeness (QED) is 0.894. The molecule has 0 aliphatic heterocycles. The Kier molecular flexibility index (Phi) is 4.47. The van der Waals surface area contributed by atoms with Crippen molar-refractivity contribution in [3.8, 4) is 0 Å². The molecule has 0 heterocycles. The highest BCUT2D eigenvalue weighted by Crippen LogP contribution is 2.49. The van der Waals surface area contributed by atoms with Gasteiger partial charge in [0.15, 0.2) is 0 Å². The molecule has 2 saturated carbocycles. The number of amides is 1. The average molecular weight is 287 g/mol. The predicted octanol–water partition coefficient (Wildman–Crippen LogP) is 4.42. The van der Waals surface area contributed by atoms with Gasteiger partial charge in [0.2, 0.25) is 0 Å². The van der Waals surface area contributed by atoms with Gasteiger partial charge < -0.3 is 10.1 Å². The van der Waals surface area contributed by atoms with Gasteiger partial charge in [-0.05, 0) is 36.7 Å². The zero-order valence-corrected chi connectivity index (χ0v) is 12.6. The SMILES string of the molecule is O=C(NC1CCCCC12CCCC2)OCc1ccccc1. The van der Waals surface area contributed by atoms with Gasteiger partial charge in [-0.25, -0.2) is 4.79 Å². The summed E-state index contributed by atoms with van der Waals surface area (Å²) in [4.78, 5) is 12.1. The van der Waals surface area contributed by atoms with Gasteiger partial charge in [-0.2, -0.15) is 0 Å². The third-order valence-corrected chi connectivity index (χ3v) is 5.26. The molecule has 0 saturated heterocycles. The van der Waals surface area contributed by atoms with Crippen LogP contribution in [-0.2, 0) is 11.3 Å². The fraction of sp³-hybridized carbons (Fsp3) is 0.611. The Bertz CT molecular complexity index is 465. The van der Waals surface area contributed by atoms with Crippen LogP contribution in [0.15, 0.2) is 30.3 Å². The highest BCUT2D eigenvalue weighted by Gasteiger charge is 2.43. The van der Waals surface area contributed by atoms with E-state index in [1.807, 2.05) is 30.3 Å². The number of rotatable bonds is 3. The minimum absolute atomic E-state index is 0.253. The van der Waals surface area contributed by atoms with Crippen LogP contribution < -0.4 is 5.32 Å². The van der Waals surface area contributed by atoms with Crippen molar-refractivity contribution in [3.05, 3.63) is 35.9 Å². The first-order valence-corrected chi connectivity index (χ1v) is 8.26. The summed E-state index contributed by atoms with van der Waals surface area (Å²) in [5.41, 5.74) is 1.40. The van der Waals surface area contributed by atoms with E-state index >= 15 is 0 Å². The molecule has 21 heavy (non-hydrogen) atoms. The van der Waals surface area contributed by atoms with Crippen LogP contribution >= 0.6 is 0 Å². The number of alkyl carbamates (subject to hydrolysis) is 1. The second kappa shape index (κ2) is 6.50. The molecule has 1 aromatic carbocycles. The summed E-state index contributed by atoms with van der Waals surface area (Å²) in [7, 11) is 0. The Morgan fingerprint density at radius 2 is 1.76 bits per heavy atom. The fourth-order valence-electron chi connectivity index (χ4n) is 4.12. The lowest BCUT2D eigenvalue weighted by atomic mass is 9.69. The van der Waals surface area contributed by atoms with Gasteiger partial charge in [0, 0.05) is 6.04 Å². The normalized spacial score (nSPS) is 23.9. The standard InChI is InChI=1S/C18H25NO2/c20-17(21-14-15-8-2-1-3-9-15)19-16-10-4-5-11-18(16)12-6-7-13-18/h1-3,8-9,16H,4-7,10-14H2,(H,19,20). The van der Waals surface area contributed by atoms with Crippen molar-refractivity contribution in [1.82, 2.24) is 5.32 Å². The topological polar surface area (TPSA) is 38.3 Å². The van der Waals surface area contributed by atoms with E-state index in [9.17, 15) is 4.79 Å². The van der Waals surface area contributed by atoms with Crippen LogP contribution in [0.5, 0.6) is 0 Å². The maximum Gasteiger partial charge on any atom is 0.407 e. The number of carbonyl (C=O) groups is 1.